The molecule has 0 aromatic carbocycles. The molecule has 21 nitrogen and oxygen atoms in total. The summed E-state index contributed by atoms with van der Waals surface area (Å²) in [7, 11) is 0. The van der Waals surface area contributed by atoms with Crippen LogP contribution in [0, 0.1) is 10.8 Å². The van der Waals surface area contributed by atoms with Gasteiger partial charge in [0.2, 0.25) is 0 Å². The molecule has 4 aromatic heterocycles. The Morgan fingerprint density at radius 1 is 0.698 bits per heavy atom. The number of nitrogens with two attached hydrogens (primary N) is 3. The van der Waals surface area contributed by atoms with Crippen molar-refractivity contribution in [2.75, 3.05) is 36.8 Å². The van der Waals surface area contributed by atoms with E-state index in [1.54, 1.807) is 15.9 Å². The Bertz CT molecular complexity index is 2430. The Kier molecular flexibility index (Phi) is 13.3. The van der Waals surface area contributed by atoms with Gasteiger partial charge in [-0.05, 0) is 66.5 Å². The number of primary amides is 2. The molecule has 5 amide bonds. The maximum absolute atomic E-state index is 12.5. The number of piperidine rings is 2. The Morgan fingerprint density at radius 3 is 1.41 bits per heavy atom. The second-order valence-electron chi connectivity index (χ2n) is 19.2. The first kappa shape index (κ1) is 47.4. The average Bonchev–Trinajstić information content (AvgIpc) is 3.80. The van der Waals surface area contributed by atoms with Gasteiger partial charge in [0, 0.05) is 61.5 Å². The van der Waals surface area contributed by atoms with Gasteiger partial charge in [0.15, 0.2) is 0 Å². The van der Waals surface area contributed by atoms with Gasteiger partial charge < -0.3 is 46.5 Å². The van der Waals surface area contributed by atoms with E-state index in [1.165, 1.54) is 39.9 Å². The molecule has 2 saturated heterocycles. The number of aromatic nitrogens is 4. The summed E-state index contributed by atoms with van der Waals surface area (Å²) in [6, 6.07) is 2.84. The first-order valence-corrected chi connectivity index (χ1v) is 20.5. The minimum atomic E-state index is -1.09. The van der Waals surface area contributed by atoms with Crippen molar-refractivity contribution in [2.24, 2.45) is 28.1 Å². The first-order valence-electron chi connectivity index (χ1n) is 20.5. The molecule has 6 rings (SSSR count). The van der Waals surface area contributed by atoms with E-state index >= 15 is 0 Å². The number of nitrogens with one attached hydrogen (secondary N) is 3. The molecule has 0 spiro atoms. The van der Waals surface area contributed by atoms with Gasteiger partial charge in [-0.15, -0.1) is 0 Å². The van der Waals surface area contributed by atoms with E-state index in [1.807, 2.05) is 69.2 Å². The molecule has 2 aliphatic heterocycles. The fourth-order valence-electron chi connectivity index (χ4n) is 7.68. The largest absolute Gasteiger partial charge is 0.478 e. The lowest BCUT2D eigenvalue weighted by molar-refractivity contribution is 0.00617. The minimum Gasteiger partial charge on any atom is -0.478 e. The van der Waals surface area contributed by atoms with Gasteiger partial charge in [-0.1, -0.05) is 27.7 Å². The quantitative estimate of drug-likeness (QED) is 0.0747. The van der Waals surface area contributed by atoms with Crippen molar-refractivity contribution in [1.82, 2.24) is 34.5 Å². The van der Waals surface area contributed by atoms with Crippen LogP contribution in [0.25, 0.3) is 11.0 Å². The number of anilines is 2. The SMILES string of the molecule is CC(C)(C)OC(=O)N1CC[C@@H](Nc2c(C(N)=O)cnn3cc(C(=O)NN)cc23)C(C)(C)C1.CC(C)(C)OC(=O)N1CC[C@@H](Nc2c(C(N)=O)cnn3cc(C(=O)O)cc23)C(C)(C)C1. The van der Waals surface area contributed by atoms with Crippen LogP contribution in [0.5, 0.6) is 0 Å². The monoisotopic (exact) mass is 876 g/mol. The summed E-state index contributed by atoms with van der Waals surface area (Å²) in [4.78, 5) is 75.9. The maximum Gasteiger partial charge on any atom is 0.410 e. The van der Waals surface area contributed by atoms with Crippen LogP contribution in [0.1, 0.15) is 124 Å². The second kappa shape index (κ2) is 17.6. The number of rotatable bonds is 8. The van der Waals surface area contributed by atoms with Crippen LogP contribution in [-0.2, 0) is 9.47 Å². The van der Waals surface area contributed by atoms with Gasteiger partial charge >= 0.3 is 18.2 Å². The Labute approximate surface area is 364 Å². The molecular weight excluding hydrogens is 817 g/mol. The van der Waals surface area contributed by atoms with E-state index in [4.69, 9.17) is 26.8 Å². The third kappa shape index (κ3) is 11.1. The lowest BCUT2D eigenvalue weighted by Crippen LogP contribution is -2.54. The van der Waals surface area contributed by atoms with Crippen molar-refractivity contribution in [3.05, 3.63) is 59.2 Å². The van der Waals surface area contributed by atoms with Gasteiger partial charge in [-0.3, -0.25) is 19.8 Å². The molecule has 2 aliphatic rings. The normalized spacial score (nSPS) is 18.5. The predicted octanol–water partition coefficient (Wildman–Crippen LogP) is 4.06. The van der Waals surface area contributed by atoms with Gasteiger partial charge in [0.05, 0.1) is 57.1 Å². The zero-order valence-electron chi connectivity index (χ0n) is 37.5. The number of nitrogens with zero attached hydrogens (tertiary/aromatic N) is 6. The van der Waals surface area contributed by atoms with E-state index in [-0.39, 0.29) is 51.8 Å². The smallest absolute Gasteiger partial charge is 0.410 e. The molecule has 21 heteroatoms. The molecule has 342 valence electrons. The highest BCUT2D eigenvalue weighted by Crippen LogP contribution is 2.37. The van der Waals surface area contributed by atoms with Gasteiger partial charge in [0.1, 0.15) is 11.2 Å². The molecule has 6 heterocycles. The molecule has 10 N–H and O–H groups in total. The Balaban J connectivity index is 0.000000238. The highest BCUT2D eigenvalue weighted by Gasteiger charge is 2.41. The van der Waals surface area contributed by atoms with Crippen LogP contribution >= 0.6 is 0 Å². The standard InChI is InChI=1S/C21H31N7O4.C21H29N5O5/c1-20(2,3)32-19(31)27-7-6-15(21(4,5)11-27)25-16-13(17(22)29)9-24-28-10-12(8-14(16)28)18(30)26-23;1-20(2,3)31-19(30)25-7-6-15(21(4,5)11-25)24-16-13(17(22)27)9-23-26-10-12(18(28)29)8-14(16)26/h8-10,15,25H,6-7,11,23H2,1-5H3,(H2,22,29)(H,26,30);8-10,15,24H,6-7,11H2,1-5H3,(H2,22,27)(H,28,29)/t2*15-/m11/s1. The maximum atomic E-state index is 12.5. The number of hydrogen-bond donors (Lipinski definition) is 7. The summed E-state index contributed by atoms with van der Waals surface area (Å²) in [6.07, 6.45) is 6.10. The lowest BCUT2D eigenvalue weighted by atomic mass is 9.79. The molecule has 4 aromatic rings. The number of hydrazine groups is 1. The zero-order chi connectivity index (χ0) is 47.0. The molecule has 0 aliphatic carbocycles. The summed E-state index contributed by atoms with van der Waals surface area (Å²) < 4.78 is 13.9. The third-order valence-corrected chi connectivity index (χ3v) is 10.8. The summed E-state index contributed by atoms with van der Waals surface area (Å²) in [6.45, 7) is 21.0. The number of carbonyl (C=O) groups is 6. The molecule has 63 heavy (non-hydrogen) atoms. The van der Waals surface area contributed by atoms with Crippen LogP contribution in [0.3, 0.4) is 0 Å². The van der Waals surface area contributed by atoms with Crippen molar-refractivity contribution in [2.45, 2.75) is 105 Å². The number of ether oxygens (including phenoxy) is 2. The van der Waals surface area contributed by atoms with Crippen LogP contribution in [-0.4, -0.2) is 119 Å². The summed E-state index contributed by atoms with van der Waals surface area (Å²) in [5.41, 5.74) is 14.0. The van der Waals surface area contributed by atoms with Crippen molar-refractivity contribution in [3.8, 4) is 0 Å². The zero-order valence-corrected chi connectivity index (χ0v) is 37.5. The highest BCUT2D eigenvalue weighted by molar-refractivity contribution is 6.04. The van der Waals surface area contributed by atoms with Crippen molar-refractivity contribution >= 4 is 58.3 Å². The van der Waals surface area contributed by atoms with E-state index in [2.05, 4.69) is 26.3 Å². The first-order chi connectivity index (χ1) is 29.1. The van der Waals surface area contributed by atoms with E-state index in [0.29, 0.717) is 67.0 Å². The van der Waals surface area contributed by atoms with Crippen LogP contribution in [0.2, 0.25) is 0 Å². The van der Waals surface area contributed by atoms with Crippen molar-refractivity contribution < 1.29 is 43.3 Å². The van der Waals surface area contributed by atoms with Gasteiger partial charge in [-0.25, -0.2) is 29.3 Å². The highest BCUT2D eigenvalue weighted by atomic mass is 16.6. The lowest BCUT2D eigenvalue weighted by Gasteiger charge is -2.45. The minimum absolute atomic E-state index is 0.0520. The number of nitrogen functional groups attached to an aromatic ring is 1. The molecule has 0 radical (unpaired) electrons. The number of carboxylic acid groups (broad SMARTS) is 1. The van der Waals surface area contributed by atoms with Crippen molar-refractivity contribution in [3.63, 3.8) is 0 Å². The fraction of sp³-hybridized carbons (Fsp3) is 0.524. The molecule has 2 atom stereocenters. The number of hydrogen-bond acceptors (Lipinski definition) is 13. The number of fused-ring (bicyclic) bond motifs is 2. The third-order valence-electron chi connectivity index (χ3n) is 10.8. The molecule has 0 saturated carbocycles. The van der Waals surface area contributed by atoms with Crippen LogP contribution in [0.4, 0.5) is 21.0 Å². The van der Waals surface area contributed by atoms with Gasteiger partial charge in [-0.2, -0.15) is 10.2 Å². The Hall–Kier alpha value is -6.64. The van der Waals surface area contributed by atoms with E-state index in [9.17, 15) is 33.9 Å². The summed E-state index contributed by atoms with van der Waals surface area (Å²) >= 11 is 0. The predicted molar refractivity (Wildman–Crippen MR) is 233 cm³/mol. The molecular formula is C42H60N12O9. The van der Waals surface area contributed by atoms with Crippen LogP contribution in [0.15, 0.2) is 36.9 Å². The summed E-state index contributed by atoms with van der Waals surface area (Å²) in [5.74, 6) is 2.36. The Morgan fingerprint density at radius 2 is 1.08 bits per heavy atom. The number of amides is 5. The number of aromatic carboxylic acids is 1. The molecule has 0 bridgehead atoms. The second-order valence-corrected chi connectivity index (χ2v) is 19.2. The fourth-order valence-corrected chi connectivity index (χ4v) is 7.68. The average molecular weight is 877 g/mol. The van der Waals surface area contributed by atoms with E-state index < -0.39 is 34.9 Å². The van der Waals surface area contributed by atoms with Gasteiger partial charge in [0.25, 0.3) is 17.7 Å². The topological polar surface area (TPSA) is 296 Å². The van der Waals surface area contributed by atoms with Crippen molar-refractivity contribution in [1.29, 1.82) is 0 Å². The molecule has 0 unspecified atom stereocenters. The van der Waals surface area contributed by atoms with E-state index in [0.717, 1.165) is 0 Å². The number of likely N-dealkylation sites (tertiary alicyclic amines) is 2. The molecule has 2 fully saturated rings. The number of carboxylic acids is 1. The van der Waals surface area contributed by atoms with Crippen LogP contribution < -0.4 is 33.4 Å². The summed E-state index contributed by atoms with van der Waals surface area (Å²) in [5, 5.41) is 24.4. The number of carbonyl (C=O) groups excluding carboxylic acids is 5.